The summed E-state index contributed by atoms with van der Waals surface area (Å²) < 4.78 is 12.1. The van der Waals surface area contributed by atoms with E-state index in [9.17, 15) is 0 Å². The first-order chi connectivity index (χ1) is 33.5. The predicted octanol–water partition coefficient (Wildman–Crippen LogP) is 12.4. The lowest BCUT2D eigenvalue weighted by atomic mass is 9.78. The lowest BCUT2D eigenvalue weighted by Gasteiger charge is -2.32. The van der Waals surface area contributed by atoms with Crippen molar-refractivity contribution in [2.24, 2.45) is 0 Å². The molecule has 6 aromatic heterocycles. The molecule has 1 fully saturated rings. The summed E-state index contributed by atoms with van der Waals surface area (Å²) >= 11 is 6.21. The molecule has 0 spiro atoms. The quantitative estimate of drug-likeness (QED) is 0.160. The van der Waals surface area contributed by atoms with E-state index in [1.807, 2.05) is 91.3 Å². The Bertz CT molecular complexity index is 3620. The molecule has 0 radical (unpaired) electrons. The Balaban J connectivity index is 0.000000124. The summed E-state index contributed by atoms with van der Waals surface area (Å²) in [6.45, 7) is 10.4. The average molecular weight is 924 g/mol. The van der Waals surface area contributed by atoms with E-state index in [0.29, 0.717) is 5.02 Å². The van der Waals surface area contributed by atoms with Crippen molar-refractivity contribution < 1.29 is 9.31 Å². The summed E-state index contributed by atoms with van der Waals surface area (Å²) in [5.74, 6) is 0. The molecule has 11 aromatic rings. The maximum Gasteiger partial charge on any atom is 0.494 e. The van der Waals surface area contributed by atoms with Gasteiger partial charge in [-0.25, -0.2) is 0 Å². The van der Waals surface area contributed by atoms with E-state index >= 15 is 0 Å². The summed E-state index contributed by atoms with van der Waals surface area (Å²) in [5, 5.41) is 7.53. The van der Waals surface area contributed by atoms with Gasteiger partial charge in [0.2, 0.25) is 0 Å². The second-order valence-electron chi connectivity index (χ2n) is 17.8. The molecule has 0 saturated carbocycles. The van der Waals surface area contributed by atoms with Gasteiger partial charge in [0.1, 0.15) is 0 Å². The van der Waals surface area contributed by atoms with Crippen molar-refractivity contribution in [3.8, 4) is 22.3 Å². The Hall–Kier alpha value is -7.77. The molecule has 0 bridgehead atoms. The number of benzene rings is 5. The van der Waals surface area contributed by atoms with Crippen LogP contribution >= 0.6 is 11.6 Å². The van der Waals surface area contributed by atoms with Gasteiger partial charge in [0.25, 0.3) is 0 Å². The molecule has 0 amide bonds. The Morgan fingerprint density at radius 2 is 0.986 bits per heavy atom. The van der Waals surface area contributed by atoms with Crippen LogP contribution in [0.25, 0.3) is 77.0 Å². The van der Waals surface area contributed by atoms with Gasteiger partial charge in [-0.05, 0) is 141 Å². The maximum atomic E-state index is 6.21. The highest BCUT2D eigenvalue weighted by atomic mass is 35.5. The van der Waals surface area contributed by atoms with Gasteiger partial charge < -0.3 is 14.6 Å². The SMILES string of the molecule is CC(Nc1cc(-c2ccc3ncccc3c2)c2nccnc2c1)c1cccnc1.CC1(C)OB(c2ccc3ncccc3c2)OC1(C)C.Clc1cc(-c2ccc3ncccc3c2)c2nccnc2c1. The Labute approximate surface area is 405 Å². The van der Waals surface area contributed by atoms with E-state index in [4.69, 9.17) is 20.9 Å². The van der Waals surface area contributed by atoms with Crippen LogP contribution in [0.2, 0.25) is 5.02 Å². The summed E-state index contributed by atoms with van der Waals surface area (Å²) in [6, 6.07) is 42.6. The highest BCUT2D eigenvalue weighted by molar-refractivity contribution is 6.62. The minimum Gasteiger partial charge on any atom is -0.399 e. The first-order valence-electron chi connectivity index (χ1n) is 22.7. The van der Waals surface area contributed by atoms with E-state index in [-0.39, 0.29) is 24.4 Å². The topological polar surface area (TPSA) is 134 Å². The van der Waals surface area contributed by atoms with Crippen molar-refractivity contribution in [3.63, 3.8) is 0 Å². The Morgan fingerprint density at radius 3 is 1.55 bits per heavy atom. The molecule has 69 heavy (non-hydrogen) atoms. The van der Waals surface area contributed by atoms with Crippen LogP contribution in [0.1, 0.15) is 46.2 Å². The monoisotopic (exact) mass is 923 g/mol. The Kier molecular flexibility index (Phi) is 12.5. The van der Waals surface area contributed by atoms with Crippen molar-refractivity contribution in [3.05, 3.63) is 194 Å². The van der Waals surface area contributed by atoms with Gasteiger partial charge in [-0.15, -0.1) is 0 Å². The lowest BCUT2D eigenvalue weighted by molar-refractivity contribution is 0.00578. The van der Waals surface area contributed by atoms with Crippen molar-refractivity contribution >= 4 is 84.6 Å². The highest BCUT2D eigenvalue weighted by Crippen LogP contribution is 2.37. The predicted molar refractivity (Wildman–Crippen MR) is 279 cm³/mol. The molecule has 1 aliphatic rings. The normalized spacial score (nSPS) is 14.3. The summed E-state index contributed by atoms with van der Waals surface area (Å²) in [5.41, 5.74) is 13.1. The van der Waals surface area contributed by atoms with Gasteiger partial charge in [0, 0.05) is 88.4 Å². The zero-order valence-corrected chi connectivity index (χ0v) is 39.5. The number of hydrogen-bond acceptors (Lipinski definition) is 11. The zero-order chi connectivity index (χ0) is 47.5. The molecule has 1 unspecified atom stereocenters. The van der Waals surface area contributed by atoms with Crippen LogP contribution in [-0.4, -0.2) is 58.2 Å². The molecule has 1 N–H and O–H groups in total. The van der Waals surface area contributed by atoms with Crippen molar-refractivity contribution in [2.75, 3.05) is 5.32 Å². The van der Waals surface area contributed by atoms with E-state index in [0.717, 1.165) is 93.7 Å². The van der Waals surface area contributed by atoms with Gasteiger partial charge in [-0.2, -0.15) is 0 Å². The van der Waals surface area contributed by atoms with E-state index < -0.39 is 0 Å². The smallest absolute Gasteiger partial charge is 0.399 e. The molecule has 338 valence electrons. The molecule has 7 heterocycles. The van der Waals surface area contributed by atoms with Crippen molar-refractivity contribution in [2.45, 2.75) is 51.9 Å². The molecule has 1 saturated heterocycles. The molecular weight excluding hydrogens is 877 g/mol. The van der Waals surface area contributed by atoms with E-state index in [1.54, 1.807) is 43.4 Å². The van der Waals surface area contributed by atoms with Gasteiger partial charge in [0.05, 0.1) is 55.9 Å². The van der Waals surface area contributed by atoms with Gasteiger partial charge in [-0.1, -0.05) is 60.1 Å². The molecule has 1 atom stereocenters. The first-order valence-corrected chi connectivity index (χ1v) is 23.1. The van der Waals surface area contributed by atoms with Gasteiger partial charge in [-0.3, -0.25) is 39.9 Å². The van der Waals surface area contributed by atoms with Gasteiger partial charge >= 0.3 is 7.12 Å². The third-order valence-electron chi connectivity index (χ3n) is 12.7. The molecule has 12 rings (SSSR count). The number of hydrogen-bond donors (Lipinski definition) is 1. The molecule has 13 heteroatoms. The van der Waals surface area contributed by atoms with Crippen molar-refractivity contribution in [1.82, 2.24) is 39.9 Å². The number of halogens is 1. The minimum atomic E-state index is -0.311. The lowest BCUT2D eigenvalue weighted by Crippen LogP contribution is -2.41. The number of pyridine rings is 4. The fraction of sp³-hybridized carbons (Fsp3) is 0.143. The van der Waals surface area contributed by atoms with Gasteiger partial charge in [0.15, 0.2) is 0 Å². The third kappa shape index (κ3) is 9.68. The van der Waals surface area contributed by atoms with Crippen LogP contribution in [0.3, 0.4) is 0 Å². The van der Waals surface area contributed by atoms with E-state index in [2.05, 4.69) is 128 Å². The molecule has 5 aromatic carbocycles. The third-order valence-corrected chi connectivity index (χ3v) is 12.9. The van der Waals surface area contributed by atoms with Crippen LogP contribution in [0.15, 0.2) is 183 Å². The van der Waals surface area contributed by atoms with Crippen LogP contribution < -0.4 is 10.8 Å². The summed E-state index contributed by atoms with van der Waals surface area (Å²) in [6.07, 6.45) is 15.9. The Morgan fingerprint density at radius 1 is 0.493 bits per heavy atom. The zero-order valence-electron chi connectivity index (χ0n) is 38.7. The minimum absolute atomic E-state index is 0.117. The highest BCUT2D eigenvalue weighted by Gasteiger charge is 2.51. The molecule has 1 aliphatic heterocycles. The number of nitrogens with zero attached hydrogens (tertiary/aromatic N) is 8. The maximum absolute atomic E-state index is 6.21. The second-order valence-corrected chi connectivity index (χ2v) is 18.3. The van der Waals surface area contributed by atoms with Crippen LogP contribution in [0.4, 0.5) is 5.69 Å². The molecule has 11 nitrogen and oxygen atoms in total. The largest absolute Gasteiger partial charge is 0.494 e. The molecular formula is C56H47BClN9O2. The number of fused-ring (bicyclic) bond motifs is 5. The van der Waals surface area contributed by atoms with Crippen LogP contribution in [0.5, 0.6) is 0 Å². The van der Waals surface area contributed by atoms with Crippen LogP contribution in [-0.2, 0) is 9.31 Å². The number of aromatic nitrogens is 8. The molecule has 0 aliphatic carbocycles. The number of nitrogens with one attached hydrogen (secondary N) is 1. The summed E-state index contributed by atoms with van der Waals surface area (Å²) in [4.78, 5) is 35.2. The van der Waals surface area contributed by atoms with E-state index in [1.165, 1.54) is 0 Å². The fourth-order valence-corrected chi connectivity index (χ4v) is 8.52. The van der Waals surface area contributed by atoms with Crippen molar-refractivity contribution in [1.29, 1.82) is 0 Å². The summed E-state index contributed by atoms with van der Waals surface area (Å²) in [7, 11) is -0.311. The first kappa shape index (κ1) is 45.0. The number of rotatable bonds is 6. The fourth-order valence-electron chi connectivity index (χ4n) is 8.31. The number of anilines is 1. The standard InChI is InChI=1S/C24H19N5.C17H10ClN3.C15H18BNO2/c1-16(19-5-2-8-25-15-19)29-20-13-21(24-23(14-20)27-10-11-28-24)17-6-7-22-18(12-17)4-3-9-26-22;18-13-9-14(17-16(10-13)20-6-7-21-17)11-3-4-15-12(8-11)2-1-5-19-15;1-14(2)15(3,4)19-16(18-14)12-7-8-13-11(10-12)6-5-9-17-13/h2-16,29H,1H3;1-10H;5-10H,1-4H3. The second kappa shape index (κ2) is 19.1. The van der Waals surface area contributed by atoms with Crippen LogP contribution in [0, 0.1) is 0 Å². The average Bonchev–Trinajstić information content (AvgIpc) is 3.61.